The maximum atomic E-state index is 14.1. The first-order chi connectivity index (χ1) is 9.56. The van der Waals surface area contributed by atoms with Crippen molar-refractivity contribution in [2.45, 2.75) is 13.8 Å². The van der Waals surface area contributed by atoms with E-state index in [9.17, 15) is 13.6 Å². The molecule has 0 unspecified atom stereocenters. The van der Waals surface area contributed by atoms with Gasteiger partial charge in [-0.05, 0) is 38.1 Å². The molecule has 0 atom stereocenters. The molecule has 0 radical (unpaired) electrons. The number of carbonyl (C=O) groups excluding carboxylic acids is 1. The van der Waals surface area contributed by atoms with Gasteiger partial charge in [0.15, 0.2) is 5.78 Å². The zero-order chi connectivity index (χ0) is 14.7. The van der Waals surface area contributed by atoms with Gasteiger partial charge in [0, 0.05) is 12.1 Å². The molecule has 20 heavy (non-hydrogen) atoms. The van der Waals surface area contributed by atoms with Gasteiger partial charge < -0.3 is 4.90 Å². The zero-order valence-corrected chi connectivity index (χ0v) is 11.4. The fraction of sp³-hybridized carbons (Fsp3) is 0.188. The number of nitrogens with zero attached hydrogens (tertiary/aromatic N) is 1. The molecule has 2 aromatic rings. The Balaban J connectivity index is 2.64. The molecule has 0 aliphatic heterocycles. The monoisotopic (exact) mass is 275 g/mol. The topological polar surface area (TPSA) is 20.3 Å². The van der Waals surface area contributed by atoms with E-state index in [2.05, 4.69) is 0 Å². The Labute approximate surface area is 116 Å². The van der Waals surface area contributed by atoms with Gasteiger partial charge in [0.2, 0.25) is 0 Å². The Morgan fingerprint density at radius 1 is 1.05 bits per heavy atom. The largest absolute Gasteiger partial charge is 0.336 e. The highest BCUT2D eigenvalue weighted by Crippen LogP contribution is 2.32. The van der Waals surface area contributed by atoms with Crippen LogP contribution < -0.4 is 4.90 Å². The lowest BCUT2D eigenvalue weighted by Gasteiger charge is -2.26. The molecule has 0 heterocycles. The van der Waals surface area contributed by atoms with E-state index in [0.717, 1.165) is 0 Å². The van der Waals surface area contributed by atoms with E-state index in [-0.39, 0.29) is 22.7 Å². The highest BCUT2D eigenvalue weighted by atomic mass is 19.1. The van der Waals surface area contributed by atoms with Gasteiger partial charge in [0.1, 0.15) is 11.6 Å². The lowest BCUT2D eigenvalue weighted by Crippen LogP contribution is -2.21. The fourth-order valence-corrected chi connectivity index (χ4v) is 2.19. The summed E-state index contributed by atoms with van der Waals surface area (Å²) >= 11 is 0. The normalized spacial score (nSPS) is 10.4. The second-order valence-corrected chi connectivity index (χ2v) is 4.39. The van der Waals surface area contributed by atoms with Gasteiger partial charge in [-0.15, -0.1) is 0 Å². The van der Waals surface area contributed by atoms with E-state index >= 15 is 0 Å². The Bertz CT molecular complexity index is 640. The van der Waals surface area contributed by atoms with Crippen molar-refractivity contribution in [1.29, 1.82) is 0 Å². The molecule has 0 bridgehead atoms. The third kappa shape index (κ3) is 2.54. The molecule has 104 valence electrons. The van der Waals surface area contributed by atoms with Crippen LogP contribution in [-0.4, -0.2) is 12.3 Å². The van der Waals surface area contributed by atoms with Crippen molar-refractivity contribution < 1.29 is 13.6 Å². The Hall–Kier alpha value is -2.23. The van der Waals surface area contributed by atoms with Crippen LogP contribution in [-0.2, 0) is 0 Å². The van der Waals surface area contributed by atoms with Gasteiger partial charge in [0.05, 0.1) is 11.4 Å². The molecule has 0 aromatic heterocycles. The van der Waals surface area contributed by atoms with Crippen LogP contribution in [0.1, 0.15) is 24.2 Å². The summed E-state index contributed by atoms with van der Waals surface area (Å²) in [5, 5.41) is 0. The lowest BCUT2D eigenvalue weighted by atomic mass is 10.1. The van der Waals surface area contributed by atoms with Crippen molar-refractivity contribution in [3.05, 3.63) is 59.7 Å². The van der Waals surface area contributed by atoms with E-state index in [1.807, 2.05) is 0 Å². The number of carbonyl (C=O) groups is 1. The third-order valence-corrected chi connectivity index (χ3v) is 3.10. The molecule has 2 nitrogen and oxygen atoms in total. The molecular formula is C16H15F2NO. The van der Waals surface area contributed by atoms with E-state index in [1.165, 1.54) is 30.0 Å². The van der Waals surface area contributed by atoms with Crippen LogP contribution >= 0.6 is 0 Å². The SMILES string of the molecule is CCN(c1ccccc1F)c1c(F)cccc1C(C)=O. The highest BCUT2D eigenvalue weighted by Gasteiger charge is 2.20. The van der Waals surface area contributed by atoms with Crippen molar-refractivity contribution >= 4 is 17.2 Å². The van der Waals surface area contributed by atoms with Crippen molar-refractivity contribution in [2.24, 2.45) is 0 Å². The number of para-hydroxylation sites is 2. The smallest absolute Gasteiger partial charge is 0.162 e. The highest BCUT2D eigenvalue weighted by molar-refractivity contribution is 6.00. The Morgan fingerprint density at radius 3 is 2.30 bits per heavy atom. The molecule has 4 heteroatoms. The Morgan fingerprint density at radius 2 is 1.70 bits per heavy atom. The maximum Gasteiger partial charge on any atom is 0.162 e. The average Bonchev–Trinajstić information content (AvgIpc) is 2.43. The summed E-state index contributed by atoms with van der Waals surface area (Å²) in [5.41, 5.74) is 0.616. The molecule has 0 spiro atoms. The first kappa shape index (κ1) is 14.2. The Kier molecular flexibility index (Phi) is 4.13. The van der Waals surface area contributed by atoms with Crippen LogP contribution in [0.25, 0.3) is 0 Å². The molecule has 0 aliphatic rings. The number of anilines is 2. The summed E-state index contributed by atoms with van der Waals surface area (Å²) in [6, 6.07) is 10.4. The van der Waals surface area contributed by atoms with Gasteiger partial charge in [-0.1, -0.05) is 18.2 Å². The summed E-state index contributed by atoms with van der Waals surface area (Å²) < 4.78 is 28.1. The number of hydrogen-bond acceptors (Lipinski definition) is 2. The van der Waals surface area contributed by atoms with Gasteiger partial charge in [-0.2, -0.15) is 0 Å². The van der Waals surface area contributed by atoms with E-state index in [0.29, 0.717) is 6.54 Å². The summed E-state index contributed by atoms with van der Waals surface area (Å²) in [7, 11) is 0. The number of Topliss-reactive ketones (excluding diaryl/α,β-unsaturated/α-hetero) is 1. The van der Waals surface area contributed by atoms with Crippen molar-refractivity contribution in [1.82, 2.24) is 0 Å². The quantitative estimate of drug-likeness (QED) is 0.774. The lowest BCUT2D eigenvalue weighted by molar-refractivity contribution is 0.101. The van der Waals surface area contributed by atoms with Crippen LogP contribution in [0.15, 0.2) is 42.5 Å². The van der Waals surface area contributed by atoms with Crippen LogP contribution in [0.3, 0.4) is 0 Å². The van der Waals surface area contributed by atoms with E-state index in [4.69, 9.17) is 0 Å². The average molecular weight is 275 g/mol. The van der Waals surface area contributed by atoms with Crippen molar-refractivity contribution in [3.63, 3.8) is 0 Å². The minimum atomic E-state index is -0.539. The predicted molar refractivity (Wildman–Crippen MR) is 75.5 cm³/mol. The van der Waals surface area contributed by atoms with Gasteiger partial charge in [0.25, 0.3) is 0 Å². The van der Waals surface area contributed by atoms with Crippen LogP contribution in [0.4, 0.5) is 20.2 Å². The molecule has 2 rings (SSSR count). The van der Waals surface area contributed by atoms with Crippen LogP contribution in [0.5, 0.6) is 0 Å². The maximum absolute atomic E-state index is 14.1. The van der Waals surface area contributed by atoms with Crippen molar-refractivity contribution in [2.75, 3.05) is 11.4 Å². The minimum absolute atomic E-state index is 0.118. The fourth-order valence-electron chi connectivity index (χ4n) is 2.19. The summed E-state index contributed by atoms with van der Waals surface area (Å²) in [4.78, 5) is 13.1. The molecule has 0 saturated heterocycles. The van der Waals surface area contributed by atoms with Gasteiger partial charge >= 0.3 is 0 Å². The molecule has 0 amide bonds. The van der Waals surface area contributed by atoms with Crippen LogP contribution in [0.2, 0.25) is 0 Å². The number of hydrogen-bond donors (Lipinski definition) is 0. The molecular weight excluding hydrogens is 260 g/mol. The molecule has 0 saturated carbocycles. The standard InChI is InChI=1S/C16H15F2NO/c1-3-19(15-10-5-4-8-13(15)17)16-12(11(2)20)7-6-9-14(16)18/h4-10H,3H2,1-2H3. The predicted octanol–water partition coefficient (Wildman–Crippen LogP) is 4.33. The number of rotatable bonds is 4. The molecule has 0 aliphatic carbocycles. The first-order valence-corrected chi connectivity index (χ1v) is 6.37. The third-order valence-electron chi connectivity index (χ3n) is 3.10. The van der Waals surface area contributed by atoms with Gasteiger partial charge in [-0.3, -0.25) is 4.79 Å². The number of benzene rings is 2. The van der Waals surface area contributed by atoms with E-state index < -0.39 is 11.6 Å². The van der Waals surface area contributed by atoms with Gasteiger partial charge in [-0.25, -0.2) is 8.78 Å². The van der Waals surface area contributed by atoms with E-state index in [1.54, 1.807) is 31.2 Å². The summed E-state index contributed by atoms with van der Waals surface area (Å²) in [6.45, 7) is 3.50. The number of ketones is 1. The second-order valence-electron chi connectivity index (χ2n) is 4.39. The second kappa shape index (κ2) is 5.82. The summed E-state index contributed by atoms with van der Waals surface area (Å²) in [6.07, 6.45) is 0. The first-order valence-electron chi connectivity index (χ1n) is 6.37. The minimum Gasteiger partial charge on any atom is -0.336 e. The molecule has 0 N–H and O–H groups in total. The van der Waals surface area contributed by atoms with Crippen LogP contribution in [0, 0.1) is 11.6 Å². The molecule has 2 aromatic carbocycles. The number of halogens is 2. The molecule has 0 fully saturated rings. The zero-order valence-electron chi connectivity index (χ0n) is 11.4. The van der Waals surface area contributed by atoms with Crippen molar-refractivity contribution in [3.8, 4) is 0 Å². The summed E-state index contributed by atoms with van der Waals surface area (Å²) in [5.74, 6) is -1.25.